The number of aromatic nitrogens is 4. The van der Waals surface area contributed by atoms with Crippen molar-refractivity contribution < 1.29 is 8.78 Å². The average Bonchev–Trinajstić information content (AvgIpc) is 3.05. The first-order valence-electron chi connectivity index (χ1n) is 9.28. The lowest BCUT2D eigenvalue weighted by molar-refractivity contribution is 0.241. The van der Waals surface area contributed by atoms with E-state index < -0.39 is 17.0 Å². The summed E-state index contributed by atoms with van der Waals surface area (Å²) in [7, 11) is 0. The van der Waals surface area contributed by atoms with Gasteiger partial charge in [0.2, 0.25) is 5.28 Å². The number of hydrogen-bond donors (Lipinski definition) is 0. The summed E-state index contributed by atoms with van der Waals surface area (Å²) in [5.41, 5.74) is 1.88. The van der Waals surface area contributed by atoms with Crippen LogP contribution in [0.4, 0.5) is 8.78 Å². The number of nitrogens with zero attached hydrogens (tertiary/aromatic N) is 4. The fraction of sp³-hybridized carbons (Fsp3) is 0.333. The third-order valence-electron chi connectivity index (χ3n) is 6.72. The van der Waals surface area contributed by atoms with Crippen LogP contribution in [-0.2, 0) is 5.41 Å². The van der Waals surface area contributed by atoms with Crippen molar-refractivity contribution in [2.45, 2.75) is 38.0 Å². The molecule has 2 bridgehead atoms. The van der Waals surface area contributed by atoms with E-state index in [0.717, 1.165) is 34.3 Å². The topological polar surface area (TPSA) is 51.6 Å². The zero-order valence-corrected chi connectivity index (χ0v) is 18.0. The zero-order chi connectivity index (χ0) is 20.6. The predicted molar refractivity (Wildman–Crippen MR) is 109 cm³/mol. The molecule has 2 aromatic heterocycles. The van der Waals surface area contributed by atoms with Gasteiger partial charge in [0.05, 0.1) is 32.5 Å². The lowest BCUT2D eigenvalue weighted by Crippen LogP contribution is -2.38. The molecule has 2 aliphatic carbocycles. The molecular formula is C21H16BrClF2N4. The average molecular weight is 478 g/mol. The molecule has 0 aliphatic heterocycles. The van der Waals surface area contributed by atoms with Crippen molar-refractivity contribution in [3.05, 3.63) is 68.8 Å². The molecule has 0 radical (unpaired) electrons. The van der Waals surface area contributed by atoms with Gasteiger partial charge in [0.15, 0.2) is 0 Å². The molecule has 0 spiro atoms. The highest BCUT2D eigenvalue weighted by atomic mass is 79.9. The molecule has 2 heterocycles. The Labute approximate surface area is 179 Å². The van der Waals surface area contributed by atoms with Gasteiger partial charge in [0.25, 0.3) is 0 Å². The molecule has 3 aromatic rings. The van der Waals surface area contributed by atoms with Gasteiger partial charge in [-0.3, -0.25) is 0 Å². The zero-order valence-electron chi connectivity index (χ0n) is 15.7. The Kier molecular flexibility index (Phi) is 4.10. The number of benzene rings is 1. The van der Waals surface area contributed by atoms with Crippen LogP contribution >= 0.6 is 27.5 Å². The maximum Gasteiger partial charge on any atom is 0.222 e. The first kappa shape index (κ1) is 19.0. The normalized spacial score (nSPS) is 24.0. The first-order chi connectivity index (χ1) is 13.8. The Morgan fingerprint density at radius 2 is 1.86 bits per heavy atom. The van der Waals surface area contributed by atoms with Crippen LogP contribution < -0.4 is 0 Å². The summed E-state index contributed by atoms with van der Waals surface area (Å²) in [6.07, 6.45) is 3.40. The second-order valence-electron chi connectivity index (χ2n) is 8.18. The van der Waals surface area contributed by atoms with Crippen LogP contribution in [0.15, 0.2) is 34.9 Å². The third-order valence-corrected chi connectivity index (χ3v) is 7.48. The molecule has 0 saturated heterocycles. The summed E-state index contributed by atoms with van der Waals surface area (Å²) in [5.74, 6) is -1.13. The van der Waals surface area contributed by atoms with Crippen molar-refractivity contribution in [3.8, 4) is 11.3 Å². The van der Waals surface area contributed by atoms with Gasteiger partial charge in [-0.05, 0) is 75.5 Å². The largest absolute Gasteiger partial charge is 0.225 e. The minimum atomic E-state index is -0.651. The molecule has 0 unspecified atom stereocenters. The van der Waals surface area contributed by atoms with Crippen molar-refractivity contribution in [1.29, 1.82) is 0 Å². The highest BCUT2D eigenvalue weighted by molar-refractivity contribution is 9.10. The summed E-state index contributed by atoms with van der Waals surface area (Å²) >= 11 is 9.70. The van der Waals surface area contributed by atoms with Gasteiger partial charge in [-0.1, -0.05) is 19.9 Å². The van der Waals surface area contributed by atoms with E-state index in [1.54, 1.807) is 12.3 Å². The van der Waals surface area contributed by atoms with Crippen molar-refractivity contribution in [2.24, 2.45) is 5.41 Å². The van der Waals surface area contributed by atoms with Gasteiger partial charge in [0, 0.05) is 6.20 Å². The van der Waals surface area contributed by atoms with Gasteiger partial charge in [-0.25, -0.2) is 18.7 Å². The van der Waals surface area contributed by atoms with E-state index in [1.807, 2.05) is 0 Å². The number of fused-ring (bicyclic) bond motifs is 5. The Bertz CT molecular complexity index is 1150. The maximum absolute atomic E-state index is 14.3. The van der Waals surface area contributed by atoms with Crippen LogP contribution in [0.2, 0.25) is 5.28 Å². The highest BCUT2D eigenvalue weighted by Gasteiger charge is 2.65. The summed E-state index contributed by atoms with van der Waals surface area (Å²) in [5, 5.41) is 8.91. The molecule has 5 rings (SSSR count). The molecule has 1 fully saturated rings. The van der Waals surface area contributed by atoms with Gasteiger partial charge in [-0.2, -0.15) is 5.10 Å². The molecule has 2 atom stereocenters. The molecule has 8 heteroatoms. The van der Waals surface area contributed by atoms with E-state index in [1.165, 1.54) is 18.2 Å². The number of hydrogen-bond acceptors (Lipinski definition) is 4. The predicted octanol–water partition coefficient (Wildman–Crippen LogP) is 5.83. The van der Waals surface area contributed by atoms with Crippen molar-refractivity contribution in [2.75, 3.05) is 0 Å². The van der Waals surface area contributed by atoms with Gasteiger partial charge in [-0.15, -0.1) is 5.10 Å². The number of halogens is 4. The second kappa shape index (κ2) is 6.25. The van der Waals surface area contributed by atoms with Crippen LogP contribution in [0.25, 0.3) is 11.3 Å². The lowest BCUT2D eigenvalue weighted by atomic mass is 9.66. The molecule has 0 N–H and O–H groups in total. The molecule has 2 aliphatic rings. The van der Waals surface area contributed by atoms with E-state index in [-0.39, 0.29) is 27.9 Å². The third kappa shape index (κ3) is 2.40. The quantitative estimate of drug-likeness (QED) is 0.436. The maximum atomic E-state index is 14.3. The van der Waals surface area contributed by atoms with Crippen LogP contribution in [0.5, 0.6) is 0 Å². The monoisotopic (exact) mass is 476 g/mol. The summed E-state index contributed by atoms with van der Waals surface area (Å²) in [6, 6.07) is 5.58. The smallest absolute Gasteiger partial charge is 0.222 e. The van der Waals surface area contributed by atoms with Crippen molar-refractivity contribution in [3.63, 3.8) is 0 Å². The lowest BCUT2D eigenvalue weighted by Gasteiger charge is -2.37. The SMILES string of the molecule is CC1(C)[C@H]2CC[C@@]1(c1nc(Cl)ncc1Br)c1nnc(-c3c(F)cccc3F)cc12. The molecule has 29 heavy (non-hydrogen) atoms. The van der Waals surface area contributed by atoms with E-state index in [2.05, 4.69) is 49.9 Å². The van der Waals surface area contributed by atoms with E-state index in [0.29, 0.717) is 0 Å². The molecule has 4 nitrogen and oxygen atoms in total. The first-order valence-corrected chi connectivity index (χ1v) is 10.5. The minimum Gasteiger partial charge on any atom is -0.225 e. The highest BCUT2D eigenvalue weighted by Crippen LogP contribution is 2.70. The van der Waals surface area contributed by atoms with Crippen molar-refractivity contribution in [1.82, 2.24) is 20.2 Å². The Hall–Kier alpha value is -1.99. The standard InChI is InChI=1S/C21H16BrClF2N4/c1-20(2)11-6-7-21(20,18-12(22)9-26-19(23)27-18)17-10(11)8-15(28-29-17)16-13(24)4-3-5-14(16)25/h3-5,8-9,11H,6-7H2,1-2H3/t11-,21-/m0/s1. The second-order valence-corrected chi connectivity index (χ2v) is 9.38. The molecule has 1 aromatic carbocycles. The number of rotatable bonds is 2. The van der Waals surface area contributed by atoms with Crippen LogP contribution in [-0.4, -0.2) is 20.2 Å². The molecule has 0 amide bonds. The fourth-order valence-corrected chi connectivity index (χ4v) is 6.02. The van der Waals surface area contributed by atoms with Crippen molar-refractivity contribution >= 4 is 27.5 Å². The van der Waals surface area contributed by atoms with Crippen LogP contribution in [0.1, 0.15) is 49.6 Å². The van der Waals surface area contributed by atoms with Crippen LogP contribution in [0, 0.1) is 17.0 Å². The Morgan fingerprint density at radius 1 is 1.14 bits per heavy atom. The van der Waals surface area contributed by atoms with Gasteiger partial charge >= 0.3 is 0 Å². The van der Waals surface area contributed by atoms with Gasteiger partial charge in [0.1, 0.15) is 11.6 Å². The van der Waals surface area contributed by atoms with Gasteiger partial charge < -0.3 is 0 Å². The summed E-state index contributed by atoms with van der Waals surface area (Å²) in [4.78, 5) is 8.60. The van der Waals surface area contributed by atoms with E-state index in [9.17, 15) is 8.78 Å². The molecule has 148 valence electrons. The molecule has 1 saturated carbocycles. The Balaban J connectivity index is 1.76. The summed E-state index contributed by atoms with van der Waals surface area (Å²) in [6.45, 7) is 4.36. The van der Waals surface area contributed by atoms with Crippen LogP contribution in [0.3, 0.4) is 0 Å². The molecular weight excluding hydrogens is 462 g/mol. The summed E-state index contributed by atoms with van der Waals surface area (Å²) < 4.78 is 29.4. The Morgan fingerprint density at radius 3 is 2.59 bits per heavy atom. The fourth-order valence-electron chi connectivity index (χ4n) is 5.36. The van der Waals surface area contributed by atoms with E-state index >= 15 is 0 Å². The minimum absolute atomic E-state index is 0.149. The van der Waals surface area contributed by atoms with E-state index in [4.69, 9.17) is 11.6 Å².